The fourth-order valence-electron chi connectivity index (χ4n) is 2.76. The number of carbonyl (C=O) groups excluding carboxylic acids is 1. The molecular weight excluding hydrogens is 352 g/mol. The van der Waals surface area contributed by atoms with Crippen LogP contribution in [0.3, 0.4) is 0 Å². The van der Waals surface area contributed by atoms with Crippen LogP contribution < -0.4 is 5.32 Å². The third kappa shape index (κ3) is 3.85. The molecule has 0 unspecified atom stereocenters. The van der Waals surface area contributed by atoms with Crippen LogP contribution in [0.5, 0.6) is 0 Å². The van der Waals surface area contributed by atoms with Crippen LogP contribution in [0.25, 0.3) is 10.9 Å². The molecule has 1 aromatic carbocycles. The number of halogens is 1. The Labute approximate surface area is 157 Å². The van der Waals surface area contributed by atoms with Crippen LogP contribution in [-0.4, -0.2) is 21.0 Å². The first-order valence-corrected chi connectivity index (χ1v) is 8.92. The van der Waals surface area contributed by atoms with Gasteiger partial charge in [-0.05, 0) is 31.9 Å². The zero-order valence-electron chi connectivity index (χ0n) is 15.2. The van der Waals surface area contributed by atoms with Crippen molar-refractivity contribution in [1.29, 1.82) is 0 Å². The van der Waals surface area contributed by atoms with Gasteiger partial charge in [0, 0.05) is 17.5 Å². The Morgan fingerprint density at radius 3 is 2.77 bits per heavy atom. The standard InChI is InChI=1S/C19H21ClN4O2/c1-10(2)8-16-23-19(26-24-16)12(4)22-18(25)14-9-11(3)21-17-13(14)6-5-7-15(17)20/h5-7,9-10,12H,8H2,1-4H3,(H,22,25)/t12-/m1/s1. The zero-order valence-corrected chi connectivity index (χ0v) is 16.0. The Bertz CT molecular complexity index is 952. The number of rotatable bonds is 5. The number of para-hydroxylation sites is 1. The first kappa shape index (κ1) is 18.3. The van der Waals surface area contributed by atoms with E-state index in [1.165, 1.54) is 0 Å². The first-order valence-electron chi connectivity index (χ1n) is 8.54. The smallest absolute Gasteiger partial charge is 0.252 e. The maximum Gasteiger partial charge on any atom is 0.252 e. The minimum atomic E-state index is -0.404. The minimum Gasteiger partial charge on any atom is -0.340 e. The largest absolute Gasteiger partial charge is 0.340 e. The molecule has 3 rings (SSSR count). The van der Waals surface area contributed by atoms with Crippen LogP contribution in [0, 0.1) is 12.8 Å². The molecule has 0 aliphatic carbocycles. The van der Waals surface area contributed by atoms with E-state index < -0.39 is 6.04 Å². The Hall–Kier alpha value is -2.47. The number of pyridine rings is 1. The lowest BCUT2D eigenvalue weighted by atomic mass is 10.1. The highest BCUT2D eigenvalue weighted by Crippen LogP contribution is 2.25. The monoisotopic (exact) mass is 372 g/mol. The van der Waals surface area contributed by atoms with Crippen molar-refractivity contribution in [1.82, 2.24) is 20.4 Å². The van der Waals surface area contributed by atoms with Gasteiger partial charge in [-0.15, -0.1) is 0 Å². The summed E-state index contributed by atoms with van der Waals surface area (Å²) in [6, 6.07) is 6.74. The maximum absolute atomic E-state index is 12.8. The topological polar surface area (TPSA) is 80.9 Å². The Morgan fingerprint density at radius 1 is 1.27 bits per heavy atom. The van der Waals surface area contributed by atoms with Crippen molar-refractivity contribution in [3.63, 3.8) is 0 Å². The van der Waals surface area contributed by atoms with Gasteiger partial charge in [0.05, 0.1) is 16.1 Å². The summed E-state index contributed by atoms with van der Waals surface area (Å²) in [6.07, 6.45) is 0.733. The van der Waals surface area contributed by atoms with E-state index in [1.54, 1.807) is 18.2 Å². The summed E-state index contributed by atoms with van der Waals surface area (Å²) in [5.41, 5.74) is 1.85. The van der Waals surface area contributed by atoms with Crippen molar-refractivity contribution in [2.75, 3.05) is 0 Å². The SMILES string of the molecule is Cc1cc(C(=O)N[C@H](C)c2nc(CC(C)C)no2)c2cccc(Cl)c2n1. The van der Waals surface area contributed by atoms with Gasteiger partial charge < -0.3 is 9.84 Å². The average molecular weight is 373 g/mol. The van der Waals surface area contributed by atoms with E-state index in [0.717, 1.165) is 12.1 Å². The summed E-state index contributed by atoms with van der Waals surface area (Å²) >= 11 is 6.22. The number of amides is 1. The highest BCUT2D eigenvalue weighted by atomic mass is 35.5. The number of carbonyl (C=O) groups is 1. The first-order chi connectivity index (χ1) is 12.3. The summed E-state index contributed by atoms with van der Waals surface area (Å²) in [6.45, 7) is 7.82. The molecule has 0 fully saturated rings. The predicted octanol–water partition coefficient (Wildman–Crippen LogP) is 4.27. The lowest BCUT2D eigenvalue weighted by Crippen LogP contribution is -2.27. The van der Waals surface area contributed by atoms with Gasteiger partial charge in [-0.3, -0.25) is 9.78 Å². The van der Waals surface area contributed by atoms with Crippen LogP contribution in [0.15, 0.2) is 28.8 Å². The number of aromatic nitrogens is 3. The lowest BCUT2D eigenvalue weighted by Gasteiger charge is -2.12. The highest BCUT2D eigenvalue weighted by molar-refractivity contribution is 6.35. The van der Waals surface area contributed by atoms with Gasteiger partial charge in [-0.25, -0.2) is 0 Å². The van der Waals surface area contributed by atoms with Crippen molar-refractivity contribution in [2.24, 2.45) is 5.92 Å². The predicted molar refractivity (Wildman–Crippen MR) is 100 cm³/mol. The molecule has 0 radical (unpaired) electrons. The van der Waals surface area contributed by atoms with E-state index >= 15 is 0 Å². The second kappa shape index (κ2) is 7.41. The van der Waals surface area contributed by atoms with E-state index in [9.17, 15) is 4.79 Å². The molecule has 1 atom stereocenters. The lowest BCUT2D eigenvalue weighted by molar-refractivity contribution is 0.0934. The number of benzene rings is 1. The summed E-state index contributed by atoms with van der Waals surface area (Å²) in [5.74, 6) is 1.23. The van der Waals surface area contributed by atoms with Crippen LogP contribution >= 0.6 is 11.6 Å². The highest BCUT2D eigenvalue weighted by Gasteiger charge is 2.20. The number of fused-ring (bicyclic) bond motifs is 1. The van der Waals surface area contributed by atoms with Crippen LogP contribution in [0.2, 0.25) is 5.02 Å². The molecule has 1 N–H and O–H groups in total. The fourth-order valence-corrected chi connectivity index (χ4v) is 2.97. The summed E-state index contributed by atoms with van der Waals surface area (Å²) in [4.78, 5) is 21.6. The van der Waals surface area contributed by atoms with Crippen molar-refractivity contribution >= 4 is 28.4 Å². The molecule has 2 heterocycles. The Balaban J connectivity index is 1.85. The number of nitrogens with zero attached hydrogens (tertiary/aromatic N) is 3. The van der Waals surface area contributed by atoms with E-state index in [2.05, 4.69) is 34.3 Å². The van der Waals surface area contributed by atoms with E-state index in [0.29, 0.717) is 39.1 Å². The summed E-state index contributed by atoms with van der Waals surface area (Å²) < 4.78 is 5.29. The molecule has 6 nitrogen and oxygen atoms in total. The third-order valence-corrected chi connectivity index (χ3v) is 4.26. The van der Waals surface area contributed by atoms with Crippen LogP contribution in [-0.2, 0) is 6.42 Å². The van der Waals surface area contributed by atoms with Gasteiger partial charge >= 0.3 is 0 Å². The molecule has 2 aromatic heterocycles. The summed E-state index contributed by atoms with van der Waals surface area (Å²) in [5, 5.41) is 8.10. The molecular formula is C19H21ClN4O2. The molecule has 3 aromatic rings. The molecule has 0 aliphatic heterocycles. The van der Waals surface area contributed by atoms with Crippen molar-refractivity contribution in [3.8, 4) is 0 Å². The number of hydrogen-bond donors (Lipinski definition) is 1. The van der Waals surface area contributed by atoms with E-state index in [-0.39, 0.29) is 5.91 Å². The quantitative estimate of drug-likeness (QED) is 0.723. The van der Waals surface area contributed by atoms with Gasteiger partial charge in [0.1, 0.15) is 6.04 Å². The van der Waals surface area contributed by atoms with E-state index in [4.69, 9.17) is 16.1 Å². The molecule has 26 heavy (non-hydrogen) atoms. The molecule has 0 saturated carbocycles. The van der Waals surface area contributed by atoms with Crippen molar-refractivity contribution in [2.45, 2.75) is 40.2 Å². The normalized spacial score (nSPS) is 12.5. The number of aryl methyl sites for hydroxylation is 1. The molecule has 0 bridgehead atoms. The van der Waals surface area contributed by atoms with Gasteiger partial charge in [0.25, 0.3) is 5.91 Å². The minimum absolute atomic E-state index is 0.237. The zero-order chi connectivity index (χ0) is 18.8. The van der Waals surface area contributed by atoms with Gasteiger partial charge in [-0.2, -0.15) is 4.98 Å². The Kier molecular flexibility index (Phi) is 5.23. The Morgan fingerprint density at radius 2 is 2.04 bits per heavy atom. The van der Waals surface area contributed by atoms with Crippen LogP contribution in [0.1, 0.15) is 54.6 Å². The molecule has 136 valence electrons. The maximum atomic E-state index is 12.8. The molecule has 0 saturated heterocycles. The molecule has 7 heteroatoms. The van der Waals surface area contributed by atoms with Crippen molar-refractivity contribution < 1.29 is 9.32 Å². The number of hydrogen-bond acceptors (Lipinski definition) is 5. The third-order valence-electron chi connectivity index (χ3n) is 3.96. The second-order valence-electron chi connectivity index (χ2n) is 6.79. The summed E-state index contributed by atoms with van der Waals surface area (Å²) in [7, 11) is 0. The molecule has 0 spiro atoms. The van der Waals surface area contributed by atoms with E-state index in [1.807, 2.05) is 19.9 Å². The van der Waals surface area contributed by atoms with Crippen LogP contribution in [0.4, 0.5) is 0 Å². The van der Waals surface area contributed by atoms with Gasteiger partial charge in [0.15, 0.2) is 5.82 Å². The second-order valence-corrected chi connectivity index (χ2v) is 7.20. The fraction of sp³-hybridized carbons (Fsp3) is 0.368. The van der Waals surface area contributed by atoms with Gasteiger partial charge in [0.2, 0.25) is 5.89 Å². The average Bonchev–Trinajstić information content (AvgIpc) is 3.03. The number of nitrogens with one attached hydrogen (secondary N) is 1. The molecule has 1 amide bonds. The van der Waals surface area contributed by atoms with Gasteiger partial charge in [-0.1, -0.05) is 42.7 Å². The van der Waals surface area contributed by atoms with Crippen molar-refractivity contribution in [3.05, 3.63) is 52.3 Å². The molecule has 0 aliphatic rings.